The van der Waals surface area contributed by atoms with E-state index in [0.29, 0.717) is 37.0 Å². The normalized spacial score (nSPS) is 17.3. The van der Waals surface area contributed by atoms with E-state index in [2.05, 4.69) is 10.1 Å². The fraction of sp³-hybridized carbons (Fsp3) is 0.529. The number of aromatic nitrogens is 3. The third-order valence-electron chi connectivity index (χ3n) is 3.95. The van der Waals surface area contributed by atoms with E-state index in [-0.39, 0.29) is 12.7 Å². The van der Waals surface area contributed by atoms with Crippen LogP contribution in [0.25, 0.3) is 5.69 Å². The molecule has 2 heterocycles. The first-order valence-electron chi connectivity index (χ1n) is 8.26. The first-order chi connectivity index (χ1) is 12.2. The molecule has 1 aliphatic heterocycles. The van der Waals surface area contributed by atoms with E-state index >= 15 is 0 Å². The van der Waals surface area contributed by atoms with Crippen molar-refractivity contribution in [1.29, 1.82) is 0 Å². The molecule has 1 atom stereocenters. The summed E-state index contributed by atoms with van der Waals surface area (Å²) >= 11 is 0. The zero-order chi connectivity index (χ0) is 17.6. The van der Waals surface area contributed by atoms with Gasteiger partial charge >= 0.3 is 0 Å². The predicted molar refractivity (Wildman–Crippen MR) is 85.5 cm³/mol. The summed E-state index contributed by atoms with van der Waals surface area (Å²) in [6.07, 6.45) is 2.65. The fourth-order valence-electron chi connectivity index (χ4n) is 2.67. The van der Waals surface area contributed by atoms with Crippen LogP contribution in [0.4, 0.5) is 8.78 Å². The molecule has 136 valence electrons. The molecule has 1 unspecified atom stereocenters. The van der Waals surface area contributed by atoms with E-state index in [1.54, 1.807) is 7.11 Å². The molecule has 0 amide bonds. The molecule has 1 fully saturated rings. The number of benzene rings is 1. The lowest BCUT2D eigenvalue weighted by Crippen LogP contribution is -2.15. The molecule has 0 saturated carbocycles. The average molecular weight is 353 g/mol. The van der Waals surface area contributed by atoms with Gasteiger partial charge < -0.3 is 14.2 Å². The monoisotopic (exact) mass is 353 g/mol. The largest absolute Gasteiger partial charge is 0.384 e. The Morgan fingerprint density at radius 2 is 2.20 bits per heavy atom. The number of hydrogen-bond donors (Lipinski definition) is 0. The van der Waals surface area contributed by atoms with Gasteiger partial charge in [-0.15, -0.1) is 0 Å². The molecule has 0 bridgehead atoms. The lowest BCUT2D eigenvalue weighted by Gasteiger charge is -2.10. The van der Waals surface area contributed by atoms with E-state index in [1.165, 1.54) is 10.7 Å². The minimum Gasteiger partial charge on any atom is -0.384 e. The Hall–Kier alpha value is -1.90. The van der Waals surface area contributed by atoms with Gasteiger partial charge in [-0.05, 0) is 25.0 Å². The molecule has 8 heteroatoms. The van der Waals surface area contributed by atoms with Gasteiger partial charge in [-0.3, -0.25) is 0 Å². The van der Waals surface area contributed by atoms with Crippen LogP contribution in [0, 0.1) is 11.6 Å². The van der Waals surface area contributed by atoms with Crippen molar-refractivity contribution in [3.8, 4) is 5.69 Å². The van der Waals surface area contributed by atoms with Crippen LogP contribution in [0.3, 0.4) is 0 Å². The van der Waals surface area contributed by atoms with Crippen molar-refractivity contribution in [3.63, 3.8) is 0 Å². The minimum atomic E-state index is -0.933. The second kappa shape index (κ2) is 8.46. The van der Waals surface area contributed by atoms with Crippen LogP contribution in [0.5, 0.6) is 0 Å². The molecular weight excluding hydrogens is 332 g/mol. The highest BCUT2D eigenvalue weighted by Gasteiger charge is 2.17. The van der Waals surface area contributed by atoms with E-state index in [1.807, 2.05) is 0 Å². The van der Waals surface area contributed by atoms with Crippen molar-refractivity contribution in [3.05, 3.63) is 41.5 Å². The number of hydrogen-bond acceptors (Lipinski definition) is 5. The lowest BCUT2D eigenvalue weighted by molar-refractivity contribution is 0.00816. The zero-order valence-corrected chi connectivity index (χ0v) is 14.1. The predicted octanol–water partition coefficient (Wildman–Crippen LogP) is 2.43. The summed E-state index contributed by atoms with van der Waals surface area (Å²) < 4.78 is 44.5. The molecule has 1 saturated heterocycles. The van der Waals surface area contributed by atoms with Gasteiger partial charge in [0, 0.05) is 26.2 Å². The van der Waals surface area contributed by atoms with Crippen molar-refractivity contribution in [2.24, 2.45) is 0 Å². The molecule has 1 aliphatic rings. The van der Waals surface area contributed by atoms with Gasteiger partial charge in [-0.2, -0.15) is 5.10 Å². The lowest BCUT2D eigenvalue weighted by atomic mass is 10.2. The molecular formula is C17H21F2N3O3. The number of halogens is 2. The summed E-state index contributed by atoms with van der Waals surface area (Å²) in [7, 11) is 1.60. The van der Waals surface area contributed by atoms with Crippen molar-refractivity contribution >= 4 is 0 Å². The first-order valence-corrected chi connectivity index (χ1v) is 8.26. The Morgan fingerprint density at radius 3 is 2.92 bits per heavy atom. The fourth-order valence-corrected chi connectivity index (χ4v) is 2.67. The summed E-state index contributed by atoms with van der Waals surface area (Å²) in [4.78, 5) is 4.43. The summed E-state index contributed by atoms with van der Waals surface area (Å²) in [5.41, 5.74) is 0.394. The SMILES string of the molecule is COCCc1nc(COCC2CCCO2)n(-c2ccc(F)c(F)c2)n1. The van der Waals surface area contributed by atoms with Gasteiger partial charge in [0.25, 0.3) is 0 Å². The maximum Gasteiger partial charge on any atom is 0.160 e. The second-order valence-corrected chi connectivity index (χ2v) is 5.85. The molecule has 1 aromatic carbocycles. The number of nitrogens with zero attached hydrogens (tertiary/aromatic N) is 3. The van der Waals surface area contributed by atoms with Gasteiger partial charge in [0.15, 0.2) is 23.3 Å². The van der Waals surface area contributed by atoms with Gasteiger partial charge in [-0.1, -0.05) is 0 Å². The van der Waals surface area contributed by atoms with Crippen LogP contribution in [-0.2, 0) is 27.2 Å². The van der Waals surface area contributed by atoms with E-state index in [4.69, 9.17) is 14.2 Å². The minimum absolute atomic E-state index is 0.104. The van der Waals surface area contributed by atoms with Crippen LogP contribution in [0.1, 0.15) is 24.5 Å². The molecule has 2 aromatic rings. The van der Waals surface area contributed by atoms with Crippen molar-refractivity contribution in [1.82, 2.24) is 14.8 Å². The average Bonchev–Trinajstić information content (AvgIpc) is 3.25. The molecule has 6 nitrogen and oxygen atoms in total. The Balaban J connectivity index is 1.76. The number of methoxy groups -OCH3 is 1. The third kappa shape index (κ3) is 4.59. The highest BCUT2D eigenvalue weighted by Crippen LogP contribution is 2.16. The number of rotatable bonds is 8. The van der Waals surface area contributed by atoms with E-state index in [0.717, 1.165) is 31.6 Å². The van der Waals surface area contributed by atoms with Crippen molar-refractivity contribution < 1.29 is 23.0 Å². The molecule has 1 aromatic heterocycles. The first kappa shape index (κ1) is 17.9. The third-order valence-corrected chi connectivity index (χ3v) is 3.95. The van der Waals surface area contributed by atoms with Crippen molar-refractivity contribution in [2.45, 2.75) is 32.0 Å². The summed E-state index contributed by atoms with van der Waals surface area (Å²) in [6.45, 7) is 1.91. The van der Waals surface area contributed by atoms with Gasteiger partial charge in [0.1, 0.15) is 6.61 Å². The number of ether oxygens (including phenoxy) is 3. The summed E-state index contributed by atoms with van der Waals surface area (Å²) in [5, 5.41) is 4.36. The second-order valence-electron chi connectivity index (χ2n) is 5.85. The van der Waals surface area contributed by atoms with Crippen LogP contribution in [0.2, 0.25) is 0 Å². The molecule has 3 rings (SSSR count). The van der Waals surface area contributed by atoms with Gasteiger partial charge in [0.2, 0.25) is 0 Å². The maximum absolute atomic E-state index is 13.6. The van der Waals surface area contributed by atoms with Crippen LogP contribution >= 0.6 is 0 Å². The van der Waals surface area contributed by atoms with Crippen LogP contribution in [0.15, 0.2) is 18.2 Å². The van der Waals surface area contributed by atoms with Crippen molar-refractivity contribution in [2.75, 3.05) is 26.9 Å². The molecule has 0 spiro atoms. The quantitative estimate of drug-likeness (QED) is 0.730. The van der Waals surface area contributed by atoms with E-state index in [9.17, 15) is 8.78 Å². The van der Waals surface area contributed by atoms with E-state index < -0.39 is 11.6 Å². The molecule has 25 heavy (non-hydrogen) atoms. The molecule has 0 N–H and O–H groups in total. The standard InChI is InChI=1S/C17H21F2N3O3/c1-23-8-6-16-20-17(11-24-10-13-3-2-7-25-13)22(21-16)12-4-5-14(18)15(19)9-12/h4-5,9,13H,2-3,6-8,10-11H2,1H3. The highest BCUT2D eigenvalue weighted by molar-refractivity contribution is 5.32. The summed E-state index contributed by atoms with van der Waals surface area (Å²) in [6, 6.07) is 3.61. The summed E-state index contributed by atoms with van der Waals surface area (Å²) in [5.74, 6) is -0.755. The Morgan fingerprint density at radius 1 is 1.32 bits per heavy atom. The Bertz CT molecular complexity index is 702. The smallest absolute Gasteiger partial charge is 0.160 e. The zero-order valence-electron chi connectivity index (χ0n) is 14.1. The van der Waals surface area contributed by atoms with Gasteiger partial charge in [0.05, 0.1) is 25.0 Å². The topological polar surface area (TPSA) is 58.4 Å². The Kier molecular flexibility index (Phi) is 6.06. The van der Waals surface area contributed by atoms with Crippen LogP contribution < -0.4 is 0 Å². The highest BCUT2D eigenvalue weighted by atomic mass is 19.2. The molecule has 0 aliphatic carbocycles. The Labute approximate surface area is 144 Å². The maximum atomic E-state index is 13.6. The molecule has 0 radical (unpaired) electrons. The van der Waals surface area contributed by atoms with Gasteiger partial charge in [-0.25, -0.2) is 18.4 Å². The van der Waals surface area contributed by atoms with Crippen LogP contribution in [-0.4, -0.2) is 47.8 Å².